The van der Waals surface area contributed by atoms with Gasteiger partial charge in [-0.3, -0.25) is 0 Å². The molecule has 2 unspecified atom stereocenters. The maximum Gasteiger partial charge on any atom is 0.128 e. The molecule has 0 aromatic carbocycles. The van der Waals surface area contributed by atoms with Gasteiger partial charge in [0, 0.05) is 25.2 Å². The van der Waals surface area contributed by atoms with Crippen LogP contribution in [0, 0.1) is 5.92 Å². The summed E-state index contributed by atoms with van der Waals surface area (Å²) < 4.78 is 0. The second-order valence-electron chi connectivity index (χ2n) is 5.05. The molecule has 3 nitrogen and oxygen atoms in total. The van der Waals surface area contributed by atoms with Crippen LogP contribution in [0.1, 0.15) is 32.3 Å². The van der Waals surface area contributed by atoms with Gasteiger partial charge in [-0.25, -0.2) is 4.98 Å². The van der Waals surface area contributed by atoms with Gasteiger partial charge in [0.25, 0.3) is 0 Å². The van der Waals surface area contributed by atoms with Crippen molar-refractivity contribution in [3.63, 3.8) is 0 Å². The van der Waals surface area contributed by atoms with Gasteiger partial charge in [0.2, 0.25) is 0 Å². The predicted octanol–water partition coefficient (Wildman–Crippen LogP) is 2.02. The van der Waals surface area contributed by atoms with Gasteiger partial charge < -0.3 is 10.0 Å². The molecule has 0 amide bonds. The molecular weight excluding hydrogens is 200 g/mol. The summed E-state index contributed by atoms with van der Waals surface area (Å²) in [5, 5.41) is 9.70. The topological polar surface area (TPSA) is 36.4 Å². The highest BCUT2D eigenvalue weighted by molar-refractivity contribution is 5.41. The fourth-order valence-electron chi connectivity index (χ4n) is 2.06. The van der Waals surface area contributed by atoms with Crippen molar-refractivity contribution in [2.24, 2.45) is 5.92 Å². The van der Waals surface area contributed by atoms with Crippen LogP contribution in [0.5, 0.6) is 0 Å². The normalized spacial score (nSPS) is 25.4. The maximum absolute atomic E-state index is 9.70. The van der Waals surface area contributed by atoms with E-state index in [1.807, 2.05) is 6.20 Å². The number of rotatable bonds is 2. The van der Waals surface area contributed by atoms with E-state index in [0.717, 1.165) is 12.4 Å². The molecule has 1 aromatic rings. The van der Waals surface area contributed by atoms with Crippen LogP contribution in [-0.2, 0) is 0 Å². The van der Waals surface area contributed by atoms with Crippen LogP contribution in [0.3, 0.4) is 0 Å². The molecule has 16 heavy (non-hydrogen) atoms. The minimum absolute atomic E-state index is 0.216. The lowest BCUT2D eigenvalue weighted by Gasteiger charge is -2.17. The molecule has 1 aliphatic heterocycles. The average Bonchev–Trinajstić information content (AvgIpc) is 2.59. The predicted molar refractivity (Wildman–Crippen MR) is 65.7 cm³/mol. The number of aliphatic hydroxyl groups excluding tert-OH is 1. The van der Waals surface area contributed by atoms with Gasteiger partial charge in [0.15, 0.2) is 0 Å². The van der Waals surface area contributed by atoms with Crippen LogP contribution in [0.15, 0.2) is 18.3 Å². The van der Waals surface area contributed by atoms with E-state index in [0.29, 0.717) is 18.4 Å². The SMILES string of the molecule is CC(C)c1ccc(N2CC(C)C(O)C2)nc1. The van der Waals surface area contributed by atoms with E-state index in [9.17, 15) is 5.11 Å². The number of nitrogens with zero attached hydrogens (tertiary/aromatic N) is 2. The van der Waals surface area contributed by atoms with E-state index >= 15 is 0 Å². The second kappa shape index (κ2) is 4.42. The van der Waals surface area contributed by atoms with E-state index in [2.05, 4.69) is 42.8 Å². The van der Waals surface area contributed by atoms with Crippen molar-refractivity contribution in [1.82, 2.24) is 4.98 Å². The van der Waals surface area contributed by atoms with Crippen molar-refractivity contribution in [3.8, 4) is 0 Å². The van der Waals surface area contributed by atoms with E-state index in [1.54, 1.807) is 0 Å². The Morgan fingerprint density at radius 2 is 2.12 bits per heavy atom. The first-order chi connectivity index (χ1) is 7.58. The zero-order chi connectivity index (χ0) is 11.7. The molecule has 0 saturated carbocycles. The van der Waals surface area contributed by atoms with Crippen LogP contribution < -0.4 is 4.90 Å². The third-order valence-electron chi connectivity index (χ3n) is 3.33. The summed E-state index contributed by atoms with van der Waals surface area (Å²) >= 11 is 0. The molecule has 0 aliphatic carbocycles. The van der Waals surface area contributed by atoms with Crippen molar-refractivity contribution in [2.75, 3.05) is 18.0 Å². The molecule has 1 N–H and O–H groups in total. The standard InChI is InChI=1S/C13H20N2O/c1-9(2)11-4-5-13(14-6-11)15-7-10(3)12(16)8-15/h4-6,9-10,12,16H,7-8H2,1-3H3. The van der Waals surface area contributed by atoms with Crippen LogP contribution in [0.25, 0.3) is 0 Å². The first-order valence-corrected chi connectivity index (χ1v) is 5.97. The molecule has 2 heterocycles. The second-order valence-corrected chi connectivity index (χ2v) is 5.05. The molecule has 2 atom stereocenters. The van der Waals surface area contributed by atoms with Crippen LogP contribution in [0.2, 0.25) is 0 Å². The molecule has 1 saturated heterocycles. The van der Waals surface area contributed by atoms with E-state index in [1.165, 1.54) is 5.56 Å². The molecule has 88 valence electrons. The molecular formula is C13H20N2O. The Morgan fingerprint density at radius 3 is 2.56 bits per heavy atom. The fraction of sp³-hybridized carbons (Fsp3) is 0.615. The minimum Gasteiger partial charge on any atom is -0.391 e. The highest BCUT2D eigenvalue weighted by Crippen LogP contribution is 2.23. The first-order valence-electron chi connectivity index (χ1n) is 5.97. The van der Waals surface area contributed by atoms with Crippen molar-refractivity contribution < 1.29 is 5.11 Å². The quantitative estimate of drug-likeness (QED) is 0.828. The largest absolute Gasteiger partial charge is 0.391 e. The molecule has 3 heteroatoms. The maximum atomic E-state index is 9.70. The molecule has 1 aliphatic rings. The minimum atomic E-state index is -0.216. The Hall–Kier alpha value is -1.09. The van der Waals surface area contributed by atoms with Crippen LogP contribution >= 0.6 is 0 Å². The number of hydrogen-bond acceptors (Lipinski definition) is 3. The van der Waals surface area contributed by atoms with Gasteiger partial charge in [-0.2, -0.15) is 0 Å². The number of hydrogen-bond donors (Lipinski definition) is 1. The Kier molecular flexibility index (Phi) is 3.15. The monoisotopic (exact) mass is 220 g/mol. The molecule has 1 fully saturated rings. The molecule has 0 radical (unpaired) electrons. The smallest absolute Gasteiger partial charge is 0.128 e. The highest BCUT2D eigenvalue weighted by atomic mass is 16.3. The van der Waals surface area contributed by atoms with Crippen LogP contribution in [-0.4, -0.2) is 29.3 Å². The summed E-state index contributed by atoms with van der Waals surface area (Å²) in [6, 6.07) is 4.18. The Morgan fingerprint density at radius 1 is 1.38 bits per heavy atom. The van der Waals surface area contributed by atoms with Gasteiger partial charge >= 0.3 is 0 Å². The summed E-state index contributed by atoms with van der Waals surface area (Å²) in [7, 11) is 0. The lowest BCUT2D eigenvalue weighted by molar-refractivity contribution is 0.157. The highest BCUT2D eigenvalue weighted by Gasteiger charge is 2.28. The van der Waals surface area contributed by atoms with E-state index < -0.39 is 0 Å². The molecule has 0 bridgehead atoms. The number of anilines is 1. The summed E-state index contributed by atoms with van der Waals surface area (Å²) in [6.45, 7) is 8.01. The van der Waals surface area contributed by atoms with E-state index in [4.69, 9.17) is 0 Å². The third kappa shape index (κ3) is 2.19. The summed E-state index contributed by atoms with van der Waals surface area (Å²) in [5.74, 6) is 1.84. The number of pyridine rings is 1. The lowest BCUT2D eigenvalue weighted by Crippen LogP contribution is -2.22. The number of aliphatic hydroxyl groups is 1. The third-order valence-corrected chi connectivity index (χ3v) is 3.33. The lowest BCUT2D eigenvalue weighted by atomic mass is 10.1. The van der Waals surface area contributed by atoms with Gasteiger partial charge in [-0.1, -0.05) is 26.8 Å². The van der Waals surface area contributed by atoms with Crippen molar-refractivity contribution in [1.29, 1.82) is 0 Å². The number of aromatic nitrogens is 1. The first kappa shape index (κ1) is 11.4. The van der Waals surface area contributed by atoms with E-state index in [-0.39, 0.29) is 6.10 Å². The Labute approximate surface area is 97.1 Å². The van der Waals surface area contributed by atoms with Gasteiger partial charge in [-0.15, -0.1) is 0 Å². The van der Waals surface area contributed by atoms with Gasteiger partial charge in [0.1, 0.15) is 5.82 Å². The Bertz CT molecular complexity index is 337. The van der Waals surface area contributed by atoms with Crippen molar-refractivity contribution in [2.45, 2.75) is 32.8 Å². The zero-order valence-corrected chi connectivity index (χ0v) is 10.2. The molecule has 0 spiro atoms. The average molecular weight is 220 g/mol. The molecule has 2 rings (SSSR count). The summed E-state index contributed by atoms with van der Waals surface area (Å²) in [5.41, 5.74) is 1.26. The molecule has 1 aromatic heterocycles. The van der Waals surface area contributed by atoms with Gasteiger partial charge in [0.05, 0.1) is 6.10 Å². The van der Waals surface area contributed by atoms with Gasteiger partial charge in [-0.05, 0) is 17.5 Å². The van der Waals surface area contributed by atoms with Crippen LogP contribution in [0.4, 0.5) is 5.82 Å². The zero-order valence-electron chi connectivity index (χ0n) is 10.2. The number of β-amino-alcohol motifs (C(OH)–C–C–N with tert-alkyl or cyclic N) is 1. The fourth-order valence-corrected chi connectivity index (χ4v) is 2.06. The summed E-state index contributed by atoms with van der Waals surface area (Å²) in [4.78, 5) is 6.62. The van der Waals surface area contributed by atoms with Crippen molar-refractivity contribution in [3.05, 3.63) is 23.9 Å². The van der Waals surface area contributed by atoms with Crippen molar-refractivity contribution >= 4 is 5.82 Å². The summed E-state index contributed by atoms with van der Waals surface area (Å²) in [6.07, 6.45) is 1.72. The Balaban J connectivity index is 2.11.